The standard InChI is InChI=1S/C44H45ClO2/c1-3-5-30-47-32-29-36-15-18-37(19-16-36)38-21-23-39(24-22-38)41-27-28-43-42(33-41)26-25-40(44(43)45)20-17-35-13-11-34(12-14-35)10-8-6-7-9-31-46-4-2/h4,11-16,18-19,21-28,33H,2-3,5-10,29-32H2,1H3. The largest absolute Gasteiger partial charge is 0.502 e. The fourth-order valence-corrected chi connectivity index (χ4v) is 5.95. The monoisotopic (exact) mass is 640 g/mol. The maximum atomic E-state index is 6.87. The lowest BCUT2D eigenvalue weighted by Crippen LogP contribution is -1.99. The van der Waals surface area contributed by atoms with Crippen molar-refractivity contribution < 1.29 is 9.47 Å². The summed E-state index contributed by atoms with van der Waals surface area (Å²) in [4.78, 5) is 0. The van der Waals surface area contributed by atoms with Gasteiger partial charge in [0.2, 0.25) is 0 Å². The molecule has 0 aromatic heterocycles. The number of fused-ring (bicyclic) bond motifs is 1. The third-order valence-electron chi connectivity index (χ3n) is 8.53. The van der Waals surface area contributed by atoms with E-state index in [-0.39, 0.29) is 0 Å². The predicted octanol–water partition coefficient (Wildman–Crippen LogP) is 11.8. The summed E-state index contributed by atoms with van der Waals surface area (Å²) in [6, 6.07) is 36.8. The third kappa shape index (κ3) is 10.1. The number of aryl methyl sites for hydroxylation is 1. The van der Waals surface area contributed by atoms with Crippen LogP contribution in [0, 0.1) is 11.8 Å². The van der Waals surface area contributed by atoms with Gasteiger partial charge in [-0.2, -0.15) is 0 Å². The molecule has 0 aliphatic heterocycles. The molecule has 0 radical (unpaired) electrons. The summed E-state index contributed by atoms with van der Waals surface area (Å²) in [6.45, 7) is 8.17. The molecule has 0 amide bonds. The molecule has 2 nitrogen and oxygen atoms in total. The average Bonchev–Trinajstić information content (AvgIpc) is 3.11. The zero-order valence-corrected chi connectivity index (χ0v) is 28.3. The van der Waals surface area contributed by atoms with Crippen molar-refractivity contribution >= 4 is 22.4 Å². The van der Waals surface area contributed by atoms with Crippen molar-refractivity contribution in [2.45, 2.75) is 58.3 Å². The topological polar surface area (TPSA) is 18.5 Å². The number of hydrogen-bond donors (Lipinski definition) is 0. The fraction of sp³-hybridized carbons (Fsp3) is 0.273. The maximum absolute atomic E-state index is 6.87. The summed E-state index contributed by atoms with van der Waals surface area (Å²) in [5, 5.41) is 2.82. The Hall–Kier alpha value is -4.29. The van der Waals surface area contributed by atoms with Gasteiger partial charge in [0.05, 0.1) is 24.5 Å². The van der Waals surface area contributed by atoms with Gasteiger partial charge in [0, 0.05) is 23.1 Å². The fourth-order valence-electron chi connectivity index (χ4n) is 5.67. The third-order valence-corrected chi connectivity index (χ3v) is 8.94. The summed E-state index contributed by atoms with van der Waals surface area (Å²) in [5.41, 5.74) is 9.27. The summed E-state index contributed by atoms with van der Waals surface area (Å²) in [7, 11) is 0. The Morgan fingerprint density at radius 1 is 0.617 bits per heavy atom. The highest BCUT2D eigenvalue weighted by Crippen LogP contribution is 2.32. The Kier molecular flexibility index (Phi) is 13.2. The minimum atomic E-state index is 0.697. The van der Waals surface area contributed by atoms with Gasteiger partial charge in [-0.25, -0.2) is 0 Å². The van der Waals surface area contributed by atoms with Crippen molar-refractivity contribution in [2.75, 3.05) is 19.8 Å². The molecule has 0 N–H and O–H groups in total. The molecule has 0 fully saturated rings. The van der Waals surface area contributed by atoms with Gasteiger partial charge in [0.1, 0.15) is 0 Å². The summed E-state index contributed by atoms with van der Waals surface area (Å²) in [6.07, 6.45) is 10.5. The molecular formula is C44H45ClO2. The van der Waals surface area contributed by atoms with Crippen LogP contribution >= 0.6 is 11.6 Å². The van der Waals surface area contributed by atoms with Crippen LogP contribution in [0.2, 0.25) is 5.02 Å². The summed E-state index contributed by atoms with van der Waals surface area (Å²) in [5.74, 6) is 6.60. The Morgan fingerprint density at radius 3 is 1.98 bits per heavy atom. The molecule has 3 heteroatoms. The SMILES string of the molecule is C=COCCCCCCc1ccc(C#Cc2ccc3cc(-c4ccc(-c5ccc(CCOCCCC)cc5)cc4)ccc3c2Cl)cc1. The molecule has 0 atom stereocenters. The predicted molar refractivity (Wildman–Crippen MR) is 200 cm³/mol. The van der Waals surface area contributed by atoms with Gasteiger partial charge in [0.15, 0.2) is 0 Å². The smallest absolute Gasteiger partial charge is 0.0873 e. The lowest BCUT2D eigenvalue weighted by molar-refractivity contribution is 0.134. The highest BCUT2D eigenvalue weighted by atomic mass is 35.5. The van der Waals surface area contributed by atoms with Crippen LogP contribution in [0.15, 0.2) is 116 Å². The zero-order valence-electron chi connectivity index (χ0n) is 27.6. The molecule has 0 saturated carbocycles. The molecule has 0 saturated heterocycles. The Bertz CT molecular complexity index is 1770. The molecule has 0 aliphatic carbocycles. The number of unbranched alkanes of at least 4 members (excludes halogenated alkanes) is 4. The van der Waals surface area contributed by atoms with E-state index in [2.05, 4.69) is 122 Å². The van der Waals surface area contributed by atoms with Crippen LogP contribution in [0.1, 0.15) is 67.7 Å². The molecular weight excluding hydrogens is 596 g/mol. The van der Waals surface area contributed by atoms with E-state index in [4.69, 9.17) is 21.1 Å². The van der Waals surface area contributed by atoms with E-state index in [9.17, 15) is 0 Å². The number of benzene rings is 5. The lowest BCUT2D eigenvalue weighted by Gasteiger charge is -2.09. The van der Waals surface area contributed by atoms with Gasteiger partial charge < -0.3 is 9.47 Å². The second-order valence-corrected chi connectivity index (χ2v) is 12.4. The second kappa shape index (κ2) is 18.2. The highest BCUT2D eigenvalue weighted by molar-refractivity contribution is 6.36. The van der Waals surface area contributed by atoms with Gasteiger partial charge in [0.25, 0.3) is 0 Å². The first-order valence-corrected chi connectivity index (χ1v) is 17.4. The molecule has 5 aromatic rings. The van der Waals surface area contributed by atoms with E-state index < -0.39 is 0 Å². The van der Waals surface area contributed by atoms with E-state index >= 15 is 0 Å². The first-order valence-electron chi connectivity index (χ1n) is 17.0. The van der Waals surface area contributed by atoms with E-state index in [0.717, 1.165) is 67.4 Å². The molecule has 0 aliphatic rings. The molecule has 5 aromatic carbocycles. The molecule has 0 spiro atoms. The van der Waals surface area contributed by atoms with Crippen LogP contribution in [0.4, 0.5) is 0 Å². The minimum Gasteiger partial charge on any atom is -0.502 e. The van der Waals surface area contributed by atoms with Crippen LogP contribution in [-0.2, 0) is 22.3 Å². The first kappa shape index (κ1) is 34.1. The van der Waals surface area contributed by atoms with Crippen molar-refractivity contribution in [1.29, 1.82) is 0 Å². The van der Waals surface area contributed by atoms with Gasteiger partial charge in [-0.15, -0.1) is 0 Å². The Labute approximate surface area is 286 Å². The number of hydrogen-bond acceptors (Lipinski definition) is 2. The van der Waals surface area contributed by atoms with Gasteiger partial charge in [-0.3, -0.25) is 0 Å². The van der Waals surface area contributed by atoms with Gasteiger partial charge in [-0.05, 0) is 95.1 Å². The lowest BCUT2D eigenvalue weighted by atomic mass is 9.97. The molecule has 47 heavy (non-hydrogen) atoms. The molecule has 0 heterocycles. The van der Waals surface area contributed by atoms with Crippen molar-refractivity contribution in [3.63, 3.8) is 0 Å². The first-order chi connectivity index (χ1) is 23.1. The molecule has 240 valence electrons. The van der Waals surface area contributed by atoms with E-state index in [1.807, 2.05) is 6.07 Å². The Morgan fingerprint density at radius 2 is 1.26 bits per heavy atom. The summed E-state index contributed by atoms with van der Waals surface area (Å²) < 4.78 is 10.9. The normalized spacial score (nSPS) is 10.9. The zero-order chi connectivity index (χ0) is 32.7. The maximum Gasteiger partial charge on any atom is 0.0873 e. The van der Waals surface area contributed by atoms with Crippen molar-refractivity contribution in [3.05, 3.63) is 143 Å². The van der Waals surface area contributed by atoms with Crippen LogP contribution in [0.25, 0.3) is 33.0 Å². The van der Waals surface area contributed by atoms with Gasteiger partial charge >= 0.3 is 0 Å². The van der Waals surface area contributed by atoms with Crippen molar-refractivity contribution in [1.82, 2.24) is 0 Å². The van der Waals surface area contributed by atoms with Crippen LogP contribution in [0.3, 0.4) is 0 Å². The number of ether oxygens (including phenoxy) is 2. The molecule has 5 rings (SSSR count). The van der Waals surface area contributed by atoms with Gasteiger partial charge in [-0.1, -0.05) is 135 Å². The van der Waals surface area contributed by atoms with Crippen molar-refractivity contribution in [2.24, 2.45) is 0 Å². The highest BCUT2D eigenvalue weighted by Gasteiger charge is 2.07. The summed E-state index contributed by atoms with van der Waals surface area (Å²) >= 11 is 6.87. The van der Waals surface area contributed by atoms with E-state index in [0.29, 0.717) is 5.02 Å². The number of rotatable bonds is 16. The van der Waals surface area contributed by atoms with Crippen LogP contribution < -0.4 is 0 Å². The quantitative estimate of drug-likeness (QED) is 0.0607. The molecule has 0 bridgehead atoms. The van der Waals surface area contributed by atoms with E-state index in [1.54, 1.807) is 0 Å². The van der Waals surface area contributed by atoms with Crippen LogP contribution in [-0.4, -0.2) is 19.8 Å². The Balaban J connectivity index is 1.18. The second-order valence-electron chi connectivity index (χ2n) is 12.0. The van der Waals surface area contributed by atoms with E-state index in [1.165, 1.54) is 65.3 Å². The minimum absolute atomic E-state index is 0.697. The van der Waals surface area contributed by atoms with Crippen LogP contribution in [0.5, 0.6) is 0 Å². The molecule has 0 unspecified atom stereocenters. The van der Waals surface area contributed by atoms with Crippen molar-refractivity contribution in [3.8, 4) is 34.1 Å². The number of halogens is 1. The average molecular weight is 641 g/mol.